The first-order valence-corrected chi connectivity index (χ1v) is 12.3. The van der Waals surface area contributed by atoms with Crippen molar-refractivity contribution in [2.45, 2.75) is 44.6 Å². The molecule has 1 heterocycles. The summed E-state index contributed by atoms with van der Waals surface area (Å²) in [6.45, 7) is 4.27. The summed E-state index contributed by atoms with van der Waals surface area (Å²) in [7, 11) is 0. The zero-order valence-corrected chi connectivity index (χ0v) is 20.0. The van der Waals surface area contributed by atoms with E-state index in [-0.39, 0.29) is 12.3 Å². The van der Waals surface area contributed by atoms with Gasteiger partial charge in [0.2, 0.25) is 5.91 Å². The number of carbonyl (C=O) groups excluding carboxylic acids is 1. The van der Waals surface area contributed by atoms with E-state index in [1.807, 2.05) is 30.5 Å². The highest BCUT2D eigenvalue weighted by atomic mass is 32.2. The Morgan fingerprint density at radius 3 is 2.55 bits per heavy atom. The van der Waals surface area contributed by atoms with Gasteiger partial charge >= 0.3 is 5.97 Å². The van der Waals surface area contributed by atoms with Crippen LogP contribution in [0.4, 0.5) is 5.69 Å². The van der Waals surface area contributed by atoms with Crippen molar-refractivity contribution in [3.8, 4) is 0 Å². The largest absolute Gasteiger partial charge is 0.481 e. The maximum Gasteiger partial charge on any atom is 0.307 e. The number of benzene rings is 3. The van der Waals surface area contributed by atoms with Crippen LogP contribution in [0.1, 0.15) is 37.0 Å². The van der Waals surface area contributed by atoms with Crippen LogP contribution in [0.25, 0.3) is 21.8 Å². The number of aromatic nitrogens is 1. The molecule has 0 aliphatic rings. The van der Waals surface area contributed by atoms with Crippen LogP contribution in [-0.2, 0) is 29.0 Å². The van der Waals surface area contributed by atoms with E-state index in [0.717, 1.165) is 45.6 Å². The summed E-state index contributed by atoms with van der Waals surface area (Å²) in [5, 5.41) is 14.8. The Labute approximate surface area is 197 Å². The number of rotatable bonds is 8. The van der Waals surface area contributed by atoms with Crippen molar-refractivity contribution < 1.29 is 14.7 Å². The van der Waals surface area contributed by atoms with Gasteiger partial charge in [-0.3, -0.25) is 9.59 Å². The number of nitrogens with zero attached hydrogens (tertiary/aromatic N) is 1. The molecule has 6 heteroatoms. The highest BCUT2D eigenvalue weighted by Gasteiger charge is 2.21. The Hall–Kier alpha value is -3.25. The van der Waals surface area contributed by atoms with Crippen molar-refractivity contribution in [1.29, 1.82) is 0 Å². The molecule has 33 heavy (non-hydrogen) atoms. The fourth-order valence-electron chi connectivity index (χ4n) is 4.65. The Bertz CT molecular complexity index is 1360. The van der Waals surface area contributed by atoms with Crippen LogP contribution < -0.4 is 5.32 Å². The number of carboxylic acids is 1. The molecule has 1 amide bonds. The molecule has 170 valence electrons. The highest BCUT2D eigenvalue weighted by molar-refractivity contribution is 7.98. The third-order valence-electron chi connectivity index (χ3n) is 5.80. The molecule has 4 rings (SSSR count). The lowest BCUT2D eigenvalue weighted by atomic mass is 9.98. The lowest BCUT2D eigenvalue weighted by molar-refractivity contribution is -0.136. The molecule has 2 N–H and O–H groups in total. The number of thioether (sulfide) groups is 1. The van der Waals surface area contributed by atoms with Crippen LogP contribution in [0.2, 0.25) is 0 Å². The Balaban J connectivity index is 2.01. The van der Waals surface area contributed by atoms with E-state index in [2.05, 4.69) is 47.1 Å². The first-order chi connectivity index (χ1) is 15.9. The molecule has 0 radical (unpaired) electrons. The molecule has 3 aromatic carbocycles. The number of anilines is 1. The third-order valence-corrected chi connectivity index (χ3v) is 6.66. The van der Waals surface area contributed by atoms with Crippen molar-refractivity contribution in [2.24, 2.45) is 0 Å². The van der Waals surface area contributed by atoms with Crippen LogP contribution >= 0.6 is 11.8 Å². The minimum Gasteiger partial charge on any atom is -0.481 e. The molecule has 0 bridgehead atoms. The van der Waals surface area contributed by atoms with Gasteiger partial charge in [0, 0.05) is 40.3 Å². The average molecular weight is 461 g/mol. The second-order valence-electron chi connectivity index (χ2n) is 8.26. The first-order valence-electron chi connectivity index (χ1n) is 11.1. The van der Waals surface area contributed by atoms with Gasteiger partial charge in [0.25, 0.3) is 0 Å². The summed E-state index contributed by atoms with van der Waals surface area (Å²) >= 11 is 1.60. The number of para-hydroxylation sites is 1. The van der Waals surface area contributed by atoms with E-state index < -0.39 is 5.97 Å². The second-order valence-corrected chi connectivity index (χ2v) is 9.07. The standard InChI is InChI=1S/C27H28N2O3S/c1-4-8-19-14-20(15-24(31)32)27(33-3)26-25(19)22-11-5-6-12-23(22)29(26)16-18-9-7-10-21(13-18)28-17(2)30/h5-7,9-14H,4,8,15-16H2,1-3H3,(H,28,30)(H,31,32). The first kappa shape index (κ1) is 22.9. The van der Waals surface area contributed by atoms with E-state index in [1.165, 1.54) is 23.3 Å². The van der Waals surface area contributed by atoms with E-state index in [4.69, 9.17) is 0 Å². The van der Waals surface area contributed by atoms with Crippen molar-refractivity contribution in [3.63, 3.8) is 0 Å². The zero-order chi connectivity index (χ0) is 23.5. The molecule has 0 saturated carbocycles. The third kappa shape index (κ3) is 4.62. The summed E-state index contributed by atoms with van der Waals surface area (Å²) in [5.74, 6) is -0.922. The summed E-state index contributed by atoms with van der Waals surface area (Å²) < 4.78 is 2.30. The maximum atomic E-state index is 11.7. The van der Waals surface area contributed by atoms with Crippen molar-refractivity contribution in [2.75, 3.05) is 11.6 Å². The summed E-state index contributed by atoms with van der Waals surface area (Å²) in [5.41, 5.74) is 6.11. The number of carboxylic acid groups (broad SMARTS) is 1. The normalized spacial score (nSPS) is 11.2. The molecular formula is C27H28N2O3S. The molecular weight excluding hydrogens is 432 g/mol. The van der Waals surface area contributed by atoms with Crippen LogP contribution in [0.5, 0.6) is 0 Å². The minimum atomic E-state index is -0.822. The van der Waals surface area contributed by atoms with Crippen LogP contribution in [-0.4, -0.2) is 27.8 Å². The van der Waals surface area contributed by atoms with Gasteiger partial charge < -0.3 is 15.0 Å². The lowest BCUT2D eigenvalue weighted by Gasteiger charge is -2.16. The fourth-order valence-corrected chi connectivity index (χ4v) is 5.45. The fraction of sp³-hybridized carbons (Fsp3) is 0.259. The van der Waals surface area contributed by atoms with Gasteiger partial charge in [0.15, 0.2) is 0 Å². The van der Waals surface area contributed by atoms with Crippen molar-refractivity contribution in [3.05, 3.63) is 71.3 Å². The van der Waals surface area contributed by atoms with Gasteiger partial charge in [-0.15, -0.1) is 11.8 Å². The quantitative estimate of drug-likeness (QED) is 0.312. The minimum absolute atomic E-state index is 0.00235. The predicted octanol–water partition coefficient (Wildman–Crippen LogP) is 6.10. The number of carbonyl (C=O) groups is 2. The summed E-state index contributed by atoms with van der Waals surface area (Å²) in [6.07, 6.45) is 3.89. The molecule has 0 spiro atoms. The van der Waals surface area contributed by atoms with E-state index >= 15 is 0 Å². The number of hydrogen-bond acceptors (Lipinski definition) is 3. The number of hydrogen-bond donors (Lipinski definition) is 2. The molecule has 0 saturated heterocycles. The lowest BCUT2D eigenvalue weighted by Crippen LogP contribution is -2.07. The Morgan fingerprint density at radius 1 is 1.06 bits per heavy atom. The monoisotopic (exact) mass is 460 g/mol. The van der Waals surface area contributed by atoms with E-state index in [1.54, 1.807) is 11.8 Å². The predicted molar refractivity (Wildman–Crippen MR) is 136 cm³/mol. The van der Waals surface area contributed by atoms with Crippen LogP contribution in [0, 0.1) is 0 Å². The number of amides is 1. The van der Waals surface area contributed by atoms with Crippen LogP contribution in [0.3, 0.4) is 0 Å². The van der Waals surface area contributed by atoms with Gasteiger partial charge in [0.05, 0.1) is 11.9 Å². The number of nitrogens with one attached hydrogen (secondary N) is 1. The van der Waals surface area contributed by atoms with Gasteiger partial charge in [-0.1, -0.05) is 49.7 Å². The summed E-state index contributed by atoms with van der Waals surface area (Å²) in [6, 6.07) is 18.4. The smallest absolute Gasteiger partial charge is 0.307 e. The van der Waals surface area contributed by atoms with Gasteiger partial charge in [-0.05, 0) is 47.6 Å². The molecule has 0 aliphatic carbocycles. The number of aliphatic carboxylic acids is 1. The molecule has 1 aromatic heterocycles. The van der Waals surface area contributed by atoms with Gasteiger partial charge in [-0.2, -0.15) is 0 Å². The number of fused-ring (bicyclic) bond motifs is 3. The van der Waals surface area contributed by atoms with Gasteiger partial charge in [-0.25, -0.2) is 0 Å². The highest BCUT2D eigenvalue weighted by Crippen LogP contribution is 2.40. The molecule has 4 aromatic rings. The topological polar surface area (TPSA) is 71.3 Å². The van der Waals surface area contributed by atoms with Crippen molar-refractivity contribution >= 4 is 51.1 Å². The molecule has 5 nitrogen and oxygen atoms in total. The maximum absolute atomic E-state index is 11.7. The summed E-state index contributed by atoms with van der Waals surface area (Å²) in [4.78, 5) is 24.2. The Morgan fingerprint density at radius 2 is 1.85 bits per heavy atom. The van der Waals surface area contributed by atoms with E-state index in [9.17, 15) is 14.7 Å². The number of aryl methyl sites for hydroxylation is 1. The SMILES string of the molecule is CCCc1cc(CC(=O)O)c(SC)c2c1c1ccccc1n2Cc1cccc(NC(C)=O)c1. The second kappa shape index (κ2) is 9.71. The molecule has 0 unspecified atom stereocenters. The van der Waals surface area contributed by atoms with E-state index in [0.29, 0.717) is 6.54 Å². The zero-order valence-electron chi connectivity index (χ0n) is 19.1. The average Bonchev–Trinajstić information content (AvgIpc) is 3.08. The molecule has 0 atom stereocenters. The molecule has 0 fully saturated rings. The van der Waals surface area contributed by atoms with Crippen molar-refractivity contribution in [1.82, 2.24) is 4.57 Å². The Kier molecular flexibility index (Phi) is 6.75. The van der Waals surface area contributed by atoms with Crippen LogP contribution in [0.15, 0.2) is 59.5 Å². The van der Waals surface area contributed by atoms with Gasteiger partial charge in [0.1, 0.15) is 0 Å². The molecule has 0 aliphatic heterocycles.